The van der Waals surface area contributed by atoms with Crippen LogP contribution >= 0.6 is 0 Å². The van der Waals surface area contributed by atoms with Gasteiger partial charge in [-0.2, -0.15) is 5.10 Å². The largest absolute Gasteiger partial charge is 0.508 e. The Balaban J connectivity index is 1.35. The Kier molecular flexibility index (Phi) is 6.07. The molecule has 3 N–H and O–H groups in total. The van der Waals surface area contributed by atoms with E-state index in [-0.39, 0.29) is 36.5 Å². The Bertz CT molecular complexity index is 1170. The van der Waals surface area contributed by atoms with E-state index >= 15 is 0 Å². The number of hydrogen-bond acceptors (Lipinski definition) is 6. The summed E-state index contributed by atoms with van der Waals surface area (Å²) >= 11 is 0. The van der Waals surface area contributed by atoms with Crippen molar-refractivity contribution < 1.29 is 24.2 Å². The SMILES string of the molecule is Cn1nc(C2CCC(=O)NC2=O)c2ccc(OCC(=O)NCCc3ccc(O)cc3)cc21. The molecule has 0 aliphatic carbocycles. The molecule has 1 fully saturated rings. The molecule has 3 amide bonds. The third kappa shape index (κ3) is 4.72. The number of imide groups is 1. The molecule has 0 spiro atoms. The highest BCUT2D eigenvalue weighted by Gasteiger charge is 2.31. The molecule has 4 rings (SSSR count). The molecular formula is C23H24N4O5. The molecule has 0 saturated carbocycles. The number of piperidine rings is 1. The average Bonchev–Trinajstić information content (AvgIpc) is 3.09. The van der Waals surface area contributed by atoms with Crippen LogP contribution in [0.3, 0.4) is 0 Å². The third-order valence-electron chi connectivity index (χ3n) is 5.46. The van der Waals surface area contributed by atoms with Crippen molar-refractivity contribution in [1.82, 2.24) is 20.4 Å². The minimum Gasteiger partial charge on any atom is -0.508 e. The number of nitrogens with zero attached hydrogens (tertiary/aromatic N) is 2. The number of carbonyl (C=O) groups excluding carboxylic acids is 3. The normalized spacial score (nSPS) is 16.1. The van der Waals surface area contributed by atoms with Crippen LogP contribution in [0.4, 0.5) is 0 Å². The topological polar surface area (TPSA) is 123 Å². The summed E-state index contributed by atoms with van der Waals surface area (Å²) in [6.07, 6.45) is 1.37. The fourth-order valence-electron chi connectivity index (χ4n) is 3.78. The first-order valence-electron chi connectivity index (χ1n) is 10.4. The number of ether oxygens (including phenoxy) is 1. The van der Waals surface area contributed by atoms with Gasteiger partial charge in [-0.05, 0) is 42.7 Å². The van der Waals surface area contributed by atoms with Crippen molar-refractivity contribution in [2.45, 2.75) is 25.2 Å². The minimum atomic E-state index is -0.470. The lowest BCUT2D eigenvalue weighted by molar-refractivity contribution is -0.134. The van der Waals surface area contributed by atoms with Crippen molar-refractivity contribution in [1.29, 1.82) is 0 Å². The summed E-state index contributed by atoms with van der Waals surface area (Å²) in [5.41, 5.74) is 2.42. The number of phenols is 1. The first-order valence-corrected chi connectivity index (χ1v) is 10.4. The maximum Gasteiger partial charge on any atom is 0.257 e. The monoisotopic (exact) mass is 436 g/mol. The summed E-state index contributed by atoms with van der Waals surface area (Å²) in [5, 5.41) is 19.8. The highest BCUT2D eigenvalue weighted by molar-refractivity contribution is 6.02. The lowest BCUT2D eigenvalue weighted by atomic mass is 9.93. The molecule has 2 heterocycles. The van der Waals surface area contributed by atoms with Crippen LogP contribution in [-0.2, 0) is 27.9 Å². The number of amides is 3. The number of aromatic hydroxyl groups is 1. The Morgan fingerprint density at radius 3 is 2.78 bits per heavy atom. The zero-order chi connectivity index (χ0) is 22.7. The van der Waals surface area contributed by atoms with Crippen LogP contribution in [0, 0.1) is 0 Å². The van der Waals surface area contributed by atoms with Gasteiger partial charge in [-0.3, -0.25) is 24.4 Å². The summed E-state index contributed by atoms with van der Waals surface area (Å²) in [5.74, 6) is -0.570. The molecule has 1 aromatic heterocycles. The molecule has 2 aromatic carbocycles. The van der Waals surface area contributed by atoms with Gasteiger partial charge >= 0.3 is 0 Å². The number of aromatic nitrogens is 2. The van der Waals surface area contributed by atoms with E-state index in [2.05, 4.69) is 15.7 Å². The number of fused-ring (bicyclic) bond motifs is 1. The van der Waals surface area contributed by atoms with Crippen molar-refractivity contribution >= 4 is 28.6 Å². The number of aryl methyl sites for hydroxylation is 1. The van der Waals surface area contributed by atoms with Crippen LogP contribution < -0.4 is 15.4 Å². The molecule has 32 heavy (non-hydrogen) atoms. The number of benzene rings is 2. The van der Waals surface area contributed by atoms with Crippen LogP contribution in [-0.4, -0.2) is 45.8 Å². The highest BCUT2D eigenvalue weighted by Crippen LogP contribution is 2.31. The summed E-state index contributed by atoms with van der Waals surface area (Å²) in [6.45, 7) is 0.335. The van der Waals surface area contributed by atoms with Gasteiger partial charge in [0.1, 0.15) is 11.5 Å². The van der Waals surface area contributed by atoms with Crippen LogP contribution in [0.15, 0.2) is 42.5 Å². The van der Waals surface area contributed by atoms with Crippen molar-refractivity contribution in [2.75, 3.05) is 13.2 Å². The van der Waals surface area contributed by atoms with E-state index in [0.29, 0.717) is 30.8 Å². The van der Waals surface area contributed by atoms with Crippen molar-refractivity contribution in [3.05, 3.63) is 53.7 Å². The molecule has 9 nitrogen and oxygen atoms in total. The fourth-order valence-corrected chi connectivity index (χ4v) is 3.78. The number of rotatable bonds is 7. The van der Waals surface area contributed by atoms with E-state index in [9.17, 15) is 19.5 Å². The average molecular weight is 436 g/mol. The number of nitrogens with one attached hydrogen (secondary N) is 2. The van der Waals surface area contributed by atoms with Gasteiger partial charge in [-0.15, -0.1) is 0 Å². The van der Waals surface area contributed by atoms with E-state index in [1.165, 1.54) is 0 Å². The second-order valence-electron chi connectivity index (χ2n) is 7.75. The van der Waals surface area contributed by atoms with Gasteiger partial charge in [0.25, 0.3) is 5.91 Å². The lowest BCUT2D eigenvalue weighted by Gasteiger charge is -2.19. The standard InChI is InChI=1S/C23H24N4O5/c1-27-19-12-16(32-13-21(30)24-11-10-14-2-4-15(28)5-3-14)6-7-17(19)22(26-27)18-8-9-20(29)25-23(18)31/h2-7,12,18,28H,8-11,13H2,1H3,(H,24,30)(H,25,29,31). The maximum absolute atomic E-state index is 12.2. The minimum absolute atomic E-state index is 0.126. The summed E-state index contributed by atoms with van der Waals surface area (Å²) in [4.78, 5) is 35.8. The van der Waals surface area contributed by atoms with Crippen molar-refractivity contribution in [2.24, 2.45) is 7.05 Å². The predicted molar refractivity (Wildman–Crippen MR) is 116 cm³/mol. The molecule has 1 aliphatic rings. The molecule has 1 saturated heterocycles. The summed E-state index contributed by atoms with van der Waals surface area (Å²) in [7, 11) is 1.78. The smallest absolute Gasteiger partial charge is 0.257 e. The first-order chi connectivity index (χ1) is 15.4. The molecule has 1 aliphatic heterocycles. The Morgan fingerprint density at radius 1 is 1.25 bits per heavy atom. The molecule has 166 valence electrons. The predicted octanol–water partition coefficient (Wildman–Crippen LogP) is 1.54. The summed E-state index contributed by atoms with van der Waals surface area (Å²) in [6, 6.07) is 12.2. The Morgan fingerprint density at radius 2 is 2.03 bits per heavy atom. The van der Waals surface area contributed by atoms with Gasteiger partial charge in [-0.25, -0.2) is 0 Å². The van der Waals surface area contributed by atoms with Gasteiger partial charge < -0.3 is 15.2 Å². The molecule has 0 radical (unpaired) electrons. The molecule has 1 atom stereocenters. The van der Waals surface area contributed by atoms with Crippen molar-refractivity contribution in [3.63, 3.8) is 0 Å². The lowest BCUT2D eigenvalue weighted by Crippen LogP contribution is -2.39. The van der Waals surface area contributed by atoms with E-state index in [1.807, 2.05) is 18.2 Å². The fraction of sp³-hybridized carbons (Fsp3) is 0.304. The number of hydrogen-bond donors (Lipinski definition) is 3. The Hall–Kier alpha value is -3.88. The van der Waals surface area contributed by atoms with Gasteiger partial charge in [-0.1, -0.05) is 12.1 Å². The van der Waals surface area contributed by atoms with Crippen molar-refractivity contribution in [3.8, 4) is 11.5 Å². The number of phenolic OH excluding ortho intramolecular Hbond substituents is 1. The van der Waals surface area contributed by atoms with Gasteiger partial charge in [0.2, 0.25) is 11.8 Å². The van der Waals surface area contributed by atoms with Crippen LogP contribution in [0.2, 0.25) is 0 Å². The maximum atomic E-state index is 12.2. The van der Waals surface area contributed by atoms with E-state index in [0.717, 1.165) is 16.5 Å². The second kappa shape index (κ2) is 9.09. The van der Waals surface area contributed by atoms with Crippen LogP contribution in [0.25, 0.3) is 10.9 Å². The summed E-state index contributed by atoms with van der Waals surface area (Å²) < 4.78 is 7.29. The van der Waals surface area contributed by atoms with E-state index in [4.69, 9.17) is 4.74 Å². The van der Waals surface area contributed by atoms with E-state index in [1.54, 1.807) is 36.0 Å². The zero-order valence-corrected chi connectivity index (χ0v) is 17.6. The molecule has 3 aromatic rings. The third-order valence-corrected chi connectivity index (χ3v) is 5.46. The first kappa shape index (κ1) is 21.4. The van der Waals surface area contributed by atoms with Gasteiger partial charge in [0.05, 0.1) is 17.1 Å². The quantitative estimate of drug-likeness (QED) is 0.483. The molecule has 1 unspecified atom stereocenters. The molecule has 9 heteroatoms. The van der Waals surface area contributed by atoms with Crippen LogP contribution in [0.5, 0.6) is 11.5 Å². The zero-order valence-electron chi connectivity index (χ0n) is 17.6. The van der Waals surface area contributed by atoms with Gasteiger partial charge in [0, 0.05) is 31.5 Å². The van der Waals surface area contributed by atoms with Crippen LogP contribution in [0.1, 0.15) is 30.0 Å². The van der Waals surface area contributed by atoms with E-state index < -0.39 is 5.92 Å². The van der Waals surface area contributed by atoms with Gasteiger partial charge in [0.15, 0.2) is 6.61 Å². The second-order valence-corrected chi connectivity index (χ2v) is 7.75. The Labute approximate surface area is 184 Å². The molecule has 0 bridgehead atoms. The molecular weight excluding hydrogens is 412 g/mol. The highest BCUT2D eigenvalue weighted by atomic mass is 16.5. The number of carbonyl (C=O) groups is 3.